The maximum atomic E-state index is 14.3. The van der Waals surface area contributed by atoms with E-state index in [1.54, 1.807) is 0 Å². The highest BCUT2D eigenvalue weighted by Crippen LogP contribution is 2.32. The van der Waals surface area contributed by atoms with E-state index in [9.17, 15) is 14.5 Å². The highest BCUT2D eigenvalue weighted by Gasteiger charge is 2.22. The summed E-state index contributed by atoms with van der Waals surface area (Å²) in [5.41, 5.74) is 5.97. The van der Waals surface area contributed by atoms with Crippen LogP contribution in [0, 0.1) is 33.7 Å². The van der Waals surface area contributed by atoms with Gasteiger partial charge in [0.25, 0.3) is 0 Å². The minimum atomic E-state index is -0.827. The molecule has 2 heterocycles. The molecular weight excluding hydrogens is 491 g/mol. The molecule has 202 valence electrons. The first kappa shape index (κ1) is 26.7. The third-order valence-electron chi connectivity index (χ3n) is 7.83. The van der Waals surface area contributed by atoms with Crippen LogP contribution < -0.4 is 5.32 Å². The van der Waals surface area contributed by atoms with E-state index in [2.05, 4.69) is 46.1 Å². The molecule has 5 rings (SSSR count). The third kappa shape index (κ3) is 5.47. The molecule has 6 nitrogen and oxygen atoms in total. The van der Waals surface area contributed by atoms with Crippen molar-refractivity contribution in [3.8, 4) is 11.8 Å². The Balaban J connectivity index is 1.59. The summed E-state index contributed by atoms with van der Waals surface area (Å²) in [5.74, 6) is 6.55. The van der Waals surface area contributed by atoms with Gasteiger partial charge < -0.3 is 9.88 Å². The molecular formula is C32H35FN4O2. The van der Waals surface area contributed by atoms with Gasteiger partial charge in [-0.15, -0.1) is 0 Å². The van der Waals surface area contributed by atoms with Crippen molar-refractivity contribution >= 4 is 28.0 Å². The number of allylic oxidation sites excluding steroid dienone is 2. The predicted octanol–water partition coefficient (Wildman–Crippen LogP) is 7.58. The lowest BCUT2D eigenvalue weighted by Crippen LogP contribution is -2.18. The molecule has 0 bridgehead atoms. The Kier molecular flexibility index (Phi) is 7.83. The van der Waals surface area contributed by atoms with Crippen LogP contribution in [0.3, 0.4) is 0 Å². The van der Waals surface area contributed by atoms with Gasteiger partial charge in [0.1, 0.15) is 6.17 Å². The van der Waals surface area contributed by atoms with E-state index in [-0.39, 0.29) is 0 Å². The molecule has 1 saturated carbocycles. The Hall–Kier alpha value is -3.92. The van der Waals surface area contributed by atoms with Crippen molar-refractivity contribution in [1.82, 2.24) is 4.57 Å². The normalized spacial score (nSPS) is 16.7. The zero-order chi connectivity index (χ0) is 27.5. The van der Waals surface area contributed by atoms with Gasteiger partial charge in [-0.05, 0) is 63.1 Å². The average molecular weight is 527 g/mol. The molecule has 1 N–H and O–H groups in total. The second-order valence-corrected chi connectivity index (χ2v) is 10.5. The number of nitrogens with zero attached hydrogens (tertiary/aromatic N) is 3. The summed E-state index contributed by atoms with van der Waals surface area (Å²) in [6.07, 6.45) is 11.2. The van der Waals surface area contributed by atoms with E-state index in [0.717, 1.165) is 54.5 Å². The number of rotatable bonds is 7. The van der Waals surface area contributed by atoms with Crippen LogP contribution in [0.4, 0.5) is 15.8 Å². The number of benzene rings is 2. The molecule has 1 atom stereocenters. The summed E-state index contributed by atoms with van der Waals surface area (Å²) in [7, 11) is 0. The van der Waals surface area contributed by atoms with Crippen molar-refractivity contribution in [2.75, 3.05) is 5.32 Å². The third-order valence-corrected chi connectivity index (χ3v) is 7.83. The van der Waals surface area contributed by atoms with E-state index < -0.39 is 22.6 Å². The van der Waals surface area contributed by atoms with Crippen molar-refractivity contribution in [2.45, 2.75) is 78.4 Å². The standard InChI is InChI=1S/C32H35FN4O2/c1-4-23(16-15-22-10-6-7-11-22)31(27-20-36-17-9-13-25-12-8-14-26(27)32(25)36)35-21(3)34-29-19-30(37(38)39)28(33)18-24(29)5-2/h4,8,12,14,18-22,34H,5-7,9-11,13,17H2,1-3H3/b23-4-,35-31+. The number of aryl methyl sites for hydroxylation is 3. The van der Waals surface area contributed by atoms with Crippen LogP contribution in [-0.2, 0) is 19.4 Å². The molecule has 1 unspecified atom stereocenters. The van der Waals surface area contributed by atoms with Crippen LogP contribution in [0.25, 0.3) is 10.9 Å². The summed E-state index contributed by atoms with van der Waals surface area (Å²) >= 11 is 0. The zero-order valence-corrected chi connectivity index (χ0v) is 22.9. The van der Waals surface area contributed by atoms with Gasteiger partial charge in [0.15, 0.2) is 0 Å². The minimum Gasteiger partial charge on any atom is -0.364 e. The van der Waals surface area contributed by atoms with Crippen molar-refractivity contribution in [3.63, 3.8) is 0 Å². The van der Waals surface area contributed by atoms with Crippen molar-refractivity contribution in [3.05, 3.63) is 80.8 Å². The van der Waals surface area contributed by atoms with Gasteiger partial charge in [0, 0.05) is 46.9 Å². The predicted molar refractivity (Wildman–Crippen MR) is 156 cm³/mol. The average Bonchev–Trinajstić information content (AvgIpc) is 3.58. The molecule has 0 radical (unpaired) electrons. The highest BCUT2D eigenvalue weighted by molar-refractivity contribution is 6.21. The quantitative estimate of drug-likeness (QED) is 0.149. The van der Waals surface area contributed by atoms with Gasteiger partial charge in [0.05, 0.1) is 16.2 Å². The first-order valence-corrected chi connectivity index (χ1v) is 14.0. The smallest absolute Gasteiger partial charge is 0.306 e. The van der Waals surface area contributed by atoms with Gasteiger partial charge in [-0.25, -0.2) is 0 Å². The number of nitro benzene ring substituents is 1. The molecule has 39 heavy (non-hydrogen) atoms. The molecule has 0 saturated heterocycles. The van der Waals surface area contributed by atoms with Crippen molar-refractivity contribution < 1.29 is 9.31 Å². The second-order valence-electron chi connectivity index (χ2n) is 10.5. The number of hydrogen-bond acceptors (Lipinski definition) is 4. The first-order chi connectivity index (χ1) is 18.9. The number of anilines is 1. The van der Waals surface area contributed by atoms with Crippen LogP contribution in [0.5, 0.6) is 0 Å². The Labute approximate surface area is 229 Å². The number of nitrogens with one attached hydrogen (secondary N) is 1. The summed E-state index contributed by atoms with van der Waals surface area (Å²) in [5, 5.41) is 15.9. The minimum absolute atomic E-state index is 0.415. The van der Waals surface area contributed by atoms with Crippen LogP contribution >= 0.6 is 0 Å². The molecule has 0 amide bonds. The molecule has 7 heteroatoms. The maximum Gasteiger partial charge on any atom is 0.306 e. The second kappa shape index (κ2) is 11.4. The van der Waals surface area contributed by atoms with Crippen molar-refractivity contribution in [1.29, 1.82) is 0 Å². The summed E-state index contributed by atoms with van der Waals surface area (Å²) in [4.78, 5) is 15.9. The van der Waals surface area contributed by atoms with E-state index in [1.807, 2.05) is 26.8 Å². The van der Waals surface area contributed by atoms with Gasteiger partial charge in [0.2, 0.25) is 5.82 Å². The number of hydrogen-bond donors (Lipinski definition) is 1. The molecule has 0 spiro atoms. The molecule has 2 aromatic carbocycles. The maximum absolute atomic E-state index is 14.3. The van der Waals surface area contributed by atoms with E-state index in [1.165, 1.54) is 36.1 Å². The van der Waals surface area contributed by atoms with Gasteiger partial charge in [-0.2, -0.15) is 4.39 Å². The number of nitro groups is 1. The molecule has 1 aromatic heterocycles. The molecule has 1 fully saturated rings. The van der Waals surface area contributed by atoms with E-state index in [0.29, 0.717) is 23.6 Å². The Morgan fingerprint density at radius 1 is 1.31 bits per heavy atom. The molecule has 3 aromatic rings. The van der Waals surface area contributed by atoms with Crippen LogP contribution in [0.2, 0.25) is 0 Å². The zero-order valence-electron chi connectivity index (χ0n) is 22.9. The number of para-hydroxylation sites is 1. The van der Waals surface area contributed by atoms with Crippen LogP contribution in [0.15, 0.2) is 53.2 Å². The Morgan fingerprint density at radius 2 is 2.10 bits per heavy atom. The largest absolute Gasteiger partial charge is 0.364 e. The summed E-state index contributed by atoms with van der Waals surface area (Å²) < 4.78 is 16.6. The lowest BCUT2D eigenvalue weighted by molar-refractivity contribution is -0.387. The Bertz CT molecular complexity index is 1530. The fourth-order valence-corrected chi connectivity index (χ4v) is 5.87. The van der Waals surface area contributed by atoms with Gasteiger partial charge in [-0.3, -0.25) is 15.1 Å². The summed E-state index contributed by atoms with van der Waals surface area (Å²) in [6, 6.07) is 8.98. The monoisotopic (exact) mass is 526 g/mol. The Morgan fingerprint density at radius 3 is 2.82 bits per heavy atom. The lowest BCUT2D eigenvalue weighted by atomic mass is 9.98. The molecule has 1 aliphatic heterocycles. The fourth-order valence-electron chi connectivity index (χ4n) is 5.87. The highest BCUT2D eigenvalue weighted by atomic mass is 19.1. The number of aromatic nitrogens is 1. The topological polar surface area (TPSA) is 72.5 Å². The molecule has 1 aliphatic carbocycles. The number of halogens is 1. The van der Waals surface area contributed by atoms with Gasteiger partial charge >= 0.3 is 5.69 Å². The first-order valence-electron chi connectivity index (χ1n) is 14.0. The van der Waals surface area contributed by atoms with Crippen LogP contribution in [-0.4, -0.2) is 21.4 Å². The van der Waals surface area contributed by atoms with Gasteiger partial charge in [-0.1, -0.05) is 55.9 Å². The van der Waals surface area contributed by atoms with E-state index >= 15 is 0 Å². The van der Waals surface area contributed by atoms with Crippen LogP contribution in [0.1, 0.15) is 69.6 Å². The molecule has 2 aliphatic rings. The summed E-state index contributed by atoms with van der Waals surface area (Å²) in [6.45, 7) is 6.77. The lowest BCUT2D eigenvalue weighted by Gasteiger charge is -2.17. The number of aliphatic imine (C=N–C) groups is 1. The van der Waals surface area contributed by atoms with Crippen molar-refractivity contribution in [2.24, 2.45) is 10.9 Å². The van der Waals surface area contributed by atoms with E-state index in [4.69, 9.17) is 4.99 Å². The fraction of sp³-hybridized carbons (Fsp3) is 0.406. The SMILES string of the molecule is C/C=C(C#CC1CCCC1)\C(=N/C(C)Nc1cc([N+](=O)[O-])c(F)cc1CC)c1cn2c3c(cccc13)CCC2.